The summed E-state index contributed by atoms with van der Waals surface area (Å²) in [6, 6.07) is 15.2. The lowest BCUT2D eigenvalue weighted by atomic mass is 10.1. The third kappa shape index (κ3) is 4.31. The maximum absolute atomic E-state index is 12.6. The highest BCUT2D eigenvalue weighted by Gasteiger charge is 2.33. The van der Waals surface area contributed by atoms with Gasteiger partial charge in [-0.05, 0) is 42.8 Å². The second kappa shape index (κ2) is 8.65. The Morgan fingerprint density at radius 2 is 2.00 bits per heavy atom. The highest BCUT2D eigenvalue weighted by atomic mass is 32.2. The van der Waals surface area contributed by atoms with Crippen molar-refractivity contribution in [2.24, 2.45) is 0 Å². The number of nitrogens with zero attached hydrogens (tertiary/aromatic N) is 2. The number of nitro groups is 1. The number of rotatable bonds is 6. The van der Waals surface area contributed by atoms with Crippen molar-refractivity contribution in [1.82, 2.24) is 4.90 Å². The second-order valence-corrected chi connectivity index (χ2v) is 8.12. The van der Waals surface area contributed by atoms with Crippen LogP contribution in [0.3, 0.4) is 0 Å². The van der Waals surface area contributed by atoms with E-state index in [1.165, 1.54) is 23.9 Å². The number of carbonyl (C=O) groups is 2. The van der Waals surface area contributed by atoms with Crippen molar-refractivity contribution in [3.8, 4) is 0 Å². The summed E-state index contributed by atoms with van der Waals surface area (Å²) in [5.41, 5.74) is 2.07. The van der Waals surface area contributed by atoms with Gasteiger partial charge in [0.25, 0.3) is 11.6 Å². The van der Waals surface area contributed by atoms with Crippen LogP contribution in [-0.4, -0.2) is 27.4 Å². The third-order valence-electron chi connectivity index (χ3n) is 5.08. The Bertz CT molecular complexity index is 1130. The topological polar surface area (TPSA) is 106 Å². The molecular weight excluding hydrogens is 418 g/mol. The van der Waals surface area contributed by atoms with Gasteiger partial charge in [0.2, 0.25) is 5.91 Å². The lowest BCUT2D eigenvalue weighted by Gasteiger charge is -2.23. The minimum atomic E-state index is -0.477. The molecule has 2 amide bonds. The molecule has 3 aromatic rings. The van der Waals surface area contributed by atoms with Crippen LogP contribution in [0.1, 0.15) is 32.6 Å². The molecule has 0 radical (unpaired) electrons. The Labute approximate surface area is 182 Å². The second-order valence-electron chi connectivity index (χ2n) is 7.05. The first-order valence-corrected chi connectivity index (χ1v) is 10.6. The SMILES string of the molecule is Cc1c(NC(=O)c2ccc([C@H]3SCC(=O)N3Cc3ccco3)cc2)cccc1[N+](=O)[O-]. The number of hydrogen-bond acceptors (Lipinski definition) is 6. The molecule has 2 heterocycles. The smallest absolute Gasteiger partial charge is 0.274 e. The fourth-order valence-corrected chi connectivity index (χ4v) is 4.61. The summed E-state index contributed by atoms with van der Waals surface area (Å²) in [5.74, 6) is 0.774. The molecular formula is C22H19N3O5S. The fraction of sp³-hybridized carbons (Fsp3) is 0.182. The molecule has 158 valence electrons. The number of furan rings is 1. The summed E-state index contributed by atoms with van der Waals surface area (Å²) in [4.78, 5) is 37.3. The van der Waals surface area contributed by atoms with Crippen molar-refractivity contribution in [2.75, 3.05) is 11.1 Å². The minimum Gasteiger partial charge on any atom is -0.467 e. The molecule has 1 saturated heterocycles. The molecule has 1 atom stereocenters. The molecule has 31 heavy (non-hydrogen) atoms. The molecule has 0 unspecified atom stereocenters. The molecule has 1 aliphatic heterocycles. The van der Waals surface area contributed by atoms with Crippen LogP contribution in [0.15, 0.2) is 65.3 Å². The molecule has 9 heteroatoms. The van der Waals surface area contributed by atoms with Gasteiger partial charge in [-0.1, -0.05) is 18.2 Å². The van der Waals surface area contributed by atoms with Gasteiger partial charge in [0.15, 0.2) is 0 Å². The quantitative estimate of drug-likeness (QED) is 0.449. The monoisotopic (exact) mass is 437 g/mol. The van der Waals surface area contributed by atoms with E-state index in [0.717, 1.165) is 5.56 Å². The van der Waals surface area contributed by atoms with E-state index >= 15 is 0 Å². The first kappa shape index (κ1) is 20.7. The van der Waals surface area contributed by atoms with E-state index in [-0.39, 0.29) is 22.9 Å². The Hall–Kier alpha value is -3.59. The normalized spacial score (nSPS) is 15.8. The number of amides is 2. The van der Waals surface area contributed by atoms with E-state index in [1.807, 2.05) is 18.2 Å². The zero-order chi connectivity index (χ0) is 22.0. The summed E-state index contributed by atoms with van der Waals surface area (Å²) < 4.78 is 5.37. The first-order valence-electron chi connectivity index (χ1n) is 9.53. The first-order chi connectivity index (χ1) is 14.9. The minimum absolute atomic E-state index is 0.0365. The van der Waals surface area contributed by atoms with Crippen molar-refractivity contribution in [3.63, 3.8) is 0 Å². The molecule has 0 aliphatic carbocycles. The number of anilines is 1. The number of thioether (sulfide) groups is 1. The van der Waals surface area contributed by atoms with Gasteiger partial charge in [-0.15, -0.1) is 11.8 Å². The zero-order valence-corrected chi connectivity index (χ0v) is 17.4. The van der Waals surface area contributed by atoms with Gasteiger partial charge in [-0.3, -0.25) is 19.7 Å². The Balaban J connectivity index is 1.49. The van der Waals surface area contributed by atoms with Gasteiger partial charge >= 0.3 is 0 Å². The van der Waals surface area contributed by atoms with Gasteiger partial charge in [0.05, 0.1) is 34.7 Å². The zero-order valence-electron chi connectivity index (χ0n) is 16.6. The Morgan fingerprint density at radius 1 is 1.23 bits per heavy atom. The molecule has 0 spiro atoms. The van der Waals surface area contributed by atoms with Crippen molar-refractivity contribution in [3.05, 3.63) is 93.4 Å². The average molecular weight is 437 g/mol. The summed E-state index contributed by atoms with van der Waals surface area (Å²) in [5, 5.41) is 13.7. The molecule has 1 fully saturated rings. The average Bonchev–Trinajstić information content (AvgIpc) is 3.40. The Morgan fingerprint density at radius 3 is 2.68 bits per heavy atom. The lowest BCUT2D eigenvalue weighted by molar-refractivity contribution is -0.385. The number of nitro benzene ring substituents is 1. The van der Waals surface area contributed by atoms with Crippen LogP contribution >= 0.6 is 11.8 Å². The van der Waals surface area contributed by atoms with E-state index in [2.05, 4.69) is 5.32 Å². The van der Waals surface area contributed by atoms with Crippen molar-refractivity contribution < 1.29 is 18.9 Å². The summed E-state index contributed by atoms with van der Waals surface area (Å²) in [6.45, 7) is 1.98. The number of benzene rings is 2. The standard InChI is InChI=1S/C22H19N3O5S/c1-14-18(5-2-6-19(14)25(28)29)23-21(27)15-7-9-16(10-8-15)22-24(20(26)13-31-22)12-17-4-3-11-30-17/h2-11,22H,12-13H2,1H3,(H,23,27)/t22-/m1/s1. The van der Waals surface area contributed by atoms with E-state index in [0.29, 0.717) is 34.9 Å². The molecule has 0 bridgehead atoms. The maximum atomic E-state index is 12.6. The van der Waals surface area contributed by atoms with E-state index in [9.17, 15) is 19.7 Å². The predicted octanol–water partition coefficient (Wildman–Crippen LogP) is 4.52. The number of hydrogen-bond donors (Lipinski definition) is 1. The van der Waals surface area contributed by atoms with Crippen LogP contribution in [0.2, 0.25) is 0 Å². The largest absolute Gasteiger partial charge is 0.467 e. The number of carbonyl (C=O) groups excluding carboxylic acids is 2. The summed E-state index contributed by atoms with van der Waals surface area (Å²) in [6.07, 6.45) is 1.58. The molecule has 1 aromatic heterocycles. The molecule has 1 aliphatic rings. The molecule has 2 aromatic carbocycles. The van der Waals surface area contributed by atoms with Crippen LogP contribution in [0.5, 0.6) is 0 Å². The summed E-state index contributed by atoms with van der Waals surface area (Å²) >= 11 is 1.53. The van der Waals surface area contributed by atoms with Crippen LogP contribution in [0.4, 0.5) is 11.4 Å². The highest BCUT2D eigenvalue weighted by molar-refractivity contribution is 8.00. The van der Waals surface area contributed by atoms with Gasteiger partial charge in [-0.2, -0.15) is 0 Å². The van der Waals surface area contributed by atoms with E-state index < -0.39 is 4.92 Å². The highest BCUT2D eigenvalue weighted by Crippen LogP contribution is 2.39. The third-order valence-corrected chi connectivity index (χ3v) is 6.34. The van der Waals surface area contributed by atoms with Crippen LogP contribution in [0, 0.1) is 17.0 Å². The summed E-state index contributed by atoms with van der Waals surface area (Å²) in [7, 11) is 0. The van der Waals surface area contributed by atoms with Crippen molar-refractivity contribution in [1.29, 1.82) is 0 Å². The van der Waals surface area contributed by atoms with Crippen LogP contribution in [-0.2, 0) is 11.3 Å². The molecule has 8 nitrogen and oxygen atoms in total. The van der Waals surface area contributed by atoms with Gasteiger partial charge in [0.1, 0.15) is 11.1 Å². The number of nitrogens with one attached hydrogen (secondary N) is 1. The molecule has 4 rings (SSSR count). The van der Waals surface area contributed by atoms with E-state index in [1.54, 1.807) is 42.4 Å². The van der Waals surface area contributed by atoms with Crippen molar-refractivity contribution in [2.45, 2.75) is 18.8 Å². The van der Waals surface area contributed by atoms with Gasteiger partial charge in [0, 0.05) is 11.6 Å². The van der Waals surface area contributed by atoms with Crippen molar-refractivity contribution >= 4 is 35.0 Å². The maximum Gasteiger partial charge on any atom is 0.274 e. The Kier molecular flexibility index (Phi) is 5.77. The van der Waals surface area contributed by atoms with E-state index in [4.69, 9.17) is 4.42 Å². The van der Waals surface area contributed by atoms with Gasteiger partial charge in [-0.25, -0.2) is 0 Å². The van der Waals surface area contributed by atoms with Crippen LogP contribution < -0.4 is 5.32 Å². The predicted molar refractivity (Wildman–Crippen MR) is 117 cm³/mol. The molecule has 0 saturated carbocycles. The fourth-order valence-electron chi connectivity index (χ4n) is 3.42. The van der Waals surface area contributed by atoms with Gasteiger partial charge < -0.3 is 14.6 Å². The molecule has 1 N–H and O–H groups in total. The van der Waals surface area contributed by atoms with Crippen LogP contribution in [0.25, 0.3) is 0 Å². The lowest BCUT2D eigenvalue weighted by Crippen LogP contribution is -2.27.